The fraction of sp³-hybridized carbons (Fsp3) is 0.222. The van der Waals surface area contributed by atoms with Gasteiger partial charge >= 0.3 is 0 Å². The molecule has 0 saturated heterocycles. The third kappa shape index (κ3) is 18.4. The third-order valence-corrected chi connectivity index (χ3v) is 29.6. The monoisotopic (exact) mass is 1930 g/mol. The Morgan fingerprint density at radius 3 is 0.603 bits per heavy atom. The number of ether oxygens (including phenoxy) is 10. The molecule has 10 aliphatic heterocycles. The number of rotatable bonds is 8. The van der Waals surface area contributed by atoms with Gasteiger partial charge in [0.05, 0.1) is 0 Å². The van der Waals surface area contributed by atoms with Crippen LogP contribution in [0.15, 0.2) is 328 Å². The van der Waals surface area contributed by atoms with Crippen LogP contribution in [0.3, 0.4) is 0 Å². The highest BCUT2D eigenvalue weighted by Crippen LogP contribution is 2.50. The van der Waals surface area contributed by atoms with Gasteiger partial charge in [0.25, 0.3) is 0 Å². The van der Waals surface area contributed by atoms with E-state index < -0.39 is 0 Å². The van der Waals surface area contributed by atoms with Crippen molar-refractivity contribution in [3.05, 3.63) is 417 Å². The van der Waals surface area contributed by atoms with Gasteiger partial charge in [-0.15, -0.1) is 0 Å². The number of aryl methyl sites for hydroxylation is 6. The predicted octanol–water partition coefficient (Wildman–Crippen LogP) is 26.5. The van der Waals surface area contributed by atoms with Crippen molar-refractivity contribution in [2.75, 3.05) is 121 Å². The summed E-state index contributed by atoms with van der Waals surface area (Å²) < 4.78 is 62.1. The number of hydrogen-bond acceptors (Lipinski definition) is 20. The summed E-state index contributed by atoms with van der Waals surface area (Å²) in [6, 6.07) is 116. The molecule has 10 heterocycles. The normalized spacial score (nSPS) is 15.6. The highest BCUT2D eigenvalue weighted by Gasteiger charge is 2.34. The third-order valence-electron chi connectivity index (χ3n) is 29.6. The van der Waals surface area contributed by atoms with E-state index in [4.69, 9.17) is 47.4 Å². The van der Waals surface area contributed by atoms with E-state index in [1.165, 1.54) is 145 Å². The van der Waals surface area contributed by atoms with Crippen LogP contribution >= 0.6 is 0 Å². The minimum Gasteiger partial charge on any atom is -0.477 e. The minimum absolute atomic E-state index is 0.550. The van der Waals surface area contributed by atoms with E-state index in [2.05, 4.69) is 420 Å². The Balaban J connectivity index is 0.0000000986. The van der Waals surface area contributed by atoms with E-state index in [-0.39, 0.29) is 0 Å². The molecule has 0 N–H and O–H groups in total. The highest BCUT2D eigenvalue weighted by atomic mass is 16.5. The molecule has 146 heavy (non-hydrogen) atoms. The van der Waals surface area contributed by atoms with Crippen LogP contribution < -0.4 is 86.6 Å². The van der Waals surface area contributed by atoms with Gasteiger partial charge in [0.15, 0.2) is 53.8 Å². The van der Waals surface area contributed by atoms with Crippen molar-refractivity contribution >= 4 is 99.4 Å². The summed E-state index contributed by atoms with van der Waals surface area (Å²) in [5.74, 6) is 9.92. The Bertz CT molecular complexity index is 7530. The summed E-state index contributed by atoms with van der Waals surface area (Å²) in [7, 11) is 4.14. The van der Waals surface area contributed by atoms with Crippen LogP contribution in [0.1, 0.15) is 89.0 Å². The Labute approximate surface area is 852 Å². The van der Waals surface area contributed by atoms with Crippen molar-refractivity contribution in [1.29, 1.82) is 0 Å². The van der Waals surface area contributed by atoms with Crippen LogP contribution in [-0.4, -0.2) is 91.2 Å². The van der Waals surface area contributed by atoms with Crippen molar-refractivity contribution in [2.24, 2.45) is 0 Å². The van der Waals surface area contributed by atoms with Crippen LogP contribution in [0, 0.1) is 41.5 Å². The molecule has 20 heteroatoms. The first kappa shape index (κ1) is 92.0. The highest BCUT2D eigenvalue weighted by molar-refractivity contribution is 6.00. The molecule has 0 atom stereocenters. The van der Waals surface area contributed by atoms with E-state index in [1.54, 1.807) is 0 Å². The molecule has 0 radical (unpaired) electrons. The molecule has 0 amide bonds. The maximum absolute atomic E-state index is 6.32. The molecule has 18 aromatic rings. The smallest absolute Gasteiger partial charge is 0.161 e. The summed E-state index contributed by atoms with van der Waals surface area (Å²) in [6.45, 7) is 27.1. The van der Waals surface area contributed by atoms with Crippen molar-refractivity contribution in [1.82, 2.24) is 9.80 Å². The van der Waals surface area contributed by atoms with Crippen LogP contribution in [0.4, 0.5) is 45.5 Å². The topological polar surface area (TPSA) is 125 Å². The van der Waals surface area contributed by atoms with Crippen molar-refractivity contribution in [3.63, 3.8) is 0 Å². The van der Waals surface area contributed by atoms with E-state index in [1.807, 2.05) is 12.1 Å². The molecule has 0 fully saturated rings. The van der Waals surface area contributed by atoms with Gasteiger partial charge in [0.1, 0.15) is 71.0 Å². The first-order chi connectivity index (χ1) is 71.6. The van der Waals surface area contributed by atoms with Gasteiger partial charge in [0.2, 0.25) is 0 Å². The number of benzene rings is 18. The van der Waals surface area contributed by atoms with Crippen LogP contribution in [-0.2, 0) is 65.4 Å². The lowest BCUT2D eigenvalue weighted by atomic mass is 9.99. The SMILES string of the molecule is CN1COc2c(ccc3c4c(ccc23)CN(C)CO4)C1.Cc1ccc(N2COc3c(ccc4c5c(ccc34)CN(c3ccc(C)cc3)CO5)C2)cc1.Cc1cccc(N2COc3c(ccc4c5c(ccc34)CN(c3cccc(C)c3)CO5)C2)c1.Cc1ccccc1N1COc2c(ccc3c4c(ccc23)CN(c2ccccc2C)CO4)C1.c1ccc(N2COc3c(ccc4c5c(ccc34)CN(c3ccccc3)CO5)C2)cc1. The number of para-hydroxylation sites is 4. The fourth-order valence-corrected chi connectivity index (χ4v) is 21.9. The summed E-state index contributed by atoms with van der Waals surface area (Å²) in [5, 5.41) is 11.4. The van der Waals surface area contributed by atoms with Gasteiger partial charge in [-0.1, -0.05) is 254 Å². The molecule has 0 saturated carbocycles. The molecule has 0 aliphatic carbocycles. The predicted molar refractivity (Wildman–Crippen MR) is 587 cm³/mol. The average molecular weight is 1930 g/mol. The van der Waals surface area contributed by atoms with Gasteiger partial charge in [-0.3, -0.25) is 9.80 Å². The molecule has 0 spiro atoms. The lowest BCUT2D eigenvalue weighted by Gasteiger charge is -2.34. The average Bonchev–Trinajstić information content (AvgIpc) is 0.772. The van der Waals surface area contributed by atoms with Crippen LogP contribution in [0.25, 0.3) is 53.9 Å². The maximum Gasteiger partial charge on any atom is 0.161 e. The summed E-state index contributed by atoms with van der Waals surface area (Å²) in [4.78, 5) is 22.5. The van der Waals surface area contributed by atoms with Gasteiger partial charge in [-0.05, 0) is 163 Å². The minimum atomic E-state index is 0.550. The molecule has 0 aromatic heterocycles. The van der Waals surface area contributed by atoms with Crippen molar-refractivity contribution in [2.45, 2.75) is 107 Å². The number of fused-ring (bicyclic) bond motifs is 25. The van der Waals surface area contributed by atoms with E-state index in [9.17, 15) is 0 Å². The molecule has 0 bridgehead atoms. The fourth-order valence-electron chi connectivity index (χ4n) is 21.9. The summed E-state index contributed by atoms with van der Waals surface area (Å²) in [6.07, 6.45) is 0. The molecule has 0 unspecified atom stereocenters. The second-order valence-corrected chi connectivity index (χ2v) is 40.0. The molecular formula is C126H118N10O10. The quantitative estimate of drug-likeness (QED) is 0.143. The Morgan fingerprint density at radius 1 is 0.158 bits per heavy atom. The van der Waals surface area contributed by atoms with E-state index in [0.717, 1.165) is 166 Å². The first-order valence-electron chi connectivity index (χ1n) is 50.6. The summed E-state index contributed by atoms with van der Waals surface area (Å²) in [5.41, 5.74) is 29.3. The van der Waals surface area contributed by atoms with Crippen molar-refractivity contribution < 1.29 is 47.4 Å². The largest absolute Gasteiger partial charge is 0.477 e. The first-order valence-corrected chi connectivity index (χ1v) is 50.6. The Hall–Kier alpha value is -16.4. The zero-order chi connectivity index (χ0) is 98.6. The van der Waals surface area contributed by atoms with Crippen LogP contribution in [0.5, 0.6) is 57.5 Å². The van der Waals surface area contributed by atoms with E-state index >= 15 is 0 Å². The van der Waals surface area contributed by atoms with Gasteiger partial charge in [0, 0.05) is 220 Å². The van der Waals surface area contributed by atoms with Crippen molar-refractivity contribution in [3.8, 4) is 57.5 Å². The standard InChI is InChI=1S/3C28H26N2O2.C26H22N2O2.C16H18N2O2/c1-19-3-9-23(10-4-19)29-15-21-7-13-26-25(27(21)31-17-29)14-8-22-16-30(18-32-28(22)26)24-11-5-20(2)6-12-24;1-19-5-3-7-23(13-19)29-15-21-9-11-26-25(27(21)31-17-29)12-10-22-16-30(18-32-28(22)26)24-8-4-6-20(2)14-24;1-19-7-3-5-9-25(19)29-15-21-11-13-24-23(27(21)31-17-29)14-12-22-16-30(18-32-28(22)24)26-10-6-4-8-20(26)2;1-3-7-21(8-4-1)27-15-19-11-13-24-23(25(19)29-17-27)14-12-20-16-28(18-30-26(20)24)22-9-5-2-6-10-22;1-17-7-11-3-5-14-13(15(11)19-9-17)6-4-12-8-18(2)10-20-16(12)14/h3*3-14H,15-18H2,1-2H3;1-14H,15-18H2;3-6H,7-10H2,1-2H3. The zero-order valence-corrected chi connectivity index (χ0v) is 83.9. The summed E-state index contributed by atoms with van der Waals surface area (Å²) >= 11 is 0. The van der Waals surface area contributed by atoms with Gasteiger partial charge in [-0.25, -0.2) is 0 Å². The maximum atomic E-state index is 6.32. The Kier molecular flexibility index (Phi) is 25.0. The lowest BCUT2D eigenvalue weighted by molar-refractivity contribution is 0.121. The number of anilines is 8. The second kappa shape index (κ2) is 39.7. The second-order valence-electron chi connectivity index (χ2n) is 40.0. The lowest BCUT2D eigenvalue weighted by Crippen LogP contribution is -2.33. The van der Waals surface area contributed by atoms with E-state index in [0.29, 0.717) is 67.3 Å². The molecule has 28 rings (SSSR count). The molecule has 732 valence electrons. The Morgan fingerprint density at radius 2 is 0.356 bits per heavy atom. The zero-order valence-electron chi connectivity index (χ0n) is 83.9. The molecular weight excluding hydrogens is 1810 g/mol. The molecule has 10 aliphatic rings. The van der Waals surface area contributed by atoms with Gasteiger partial charge in [-0.2, -0.15) is 0 Å². The van der Waals surface area contributed by atoms with Crippen LogP contribution in [0.2, 0.25) is 0 Å². The molecule has 20 nitrogen and oxygen atoms in total. The number of hydrogen-bond donors (Lipinski definition) is 0. The molecule has 18 aromatic carbocycles. The van der Waals surface area contributed by atoms with Gasteiger partial charge < -0.3 is 86.6 Å². The number of nitrogens with zero attached hydrogens (tertiary/aromatic N) is 10.